The lowest BCUT2D eigenvalue weighted by Crippen LogP contribution is -2.44. The zero-order valence-corrected chi connectivity index (χ0v) is 16.8. The highest BCUT2D eigenvalue weighted by atomic mass is 19.4. The van der Waals surface area contributed by atoms with Crippen LogP contribution in [0.15, 0.2) is 41.6 Å². The average molecular weight is 417 g/mol. The molecule has 3 aromatic rings. The van der Waals surface area contributed by atoms with E-state index in [0.717, 1.165) is 24.7 Å². The number of alkyl halides is 3. The molecule has 1 aromatic carbocycles. The molecule has 1 aliphatic heterocycles. The Kier molecular flexibility index (Phi) is 5.33. The van der Waals surface area contributed by atoms with Gasteiger partial charge in [-0.3, -0.25) is 14.3 Å². The fourth-order valence-corrected chi connectivity index (χ4v) is 3.83. The number of aryl methyl sites for hydroxylation is 1. The summed E-state index contributed by atoms with van der Waals surface area (Å²) in [5, 5.41) is 0.678. The third kappa shape index (κ3) is 3.95. The zero-order valence-electron chi connectivity index (χ0n) is 16.8. The molecule has 158 valence electrons. The van der Waals surface area contributed by atoms with Crippen LogP contribution in [0.25, 0.3) is 16.7 Å². The summed E-state index contributed by atoms with van der Waals surface area (Å²) in [6.45, 7) is 4.95. The van der Waals surface area contributed by atoms with Gasteiger partial charge in [-0.15, -0.1) is 0 Å². The number of pyridine rings is 1. The molecule has 0 atom stereocenters. The predicted octanol–water partition coefficient (Wildman–Crippen LogP) is 2.86. The zero-order chi connectivity index (χ0) is 21.5. The molecule has 0 amide bonds. The Morgan fingerprint density at radius 3 is 2.53 bits per heavy atom. The molecule has 0 spiro atoms. The van der Waals surface area contributed by atoms with Gasteiger partial charge in [0.15, 0.2) is 5.65 Å². The normalized spacial score (nSPS) is 16.3. The Bertz CT molecular complexity index is 1130. The fraction of sp³-hybridized carbons (Fsp3) is 0.381. The maximum absolute atomic E-state index is 13.7. The third-order valence-electron chi connectivity index (χ3n) is 5.53. The van der Waals surface area contributed by atoms with Crippen LogP contribution >= 0.6 is 0 Å². The molecule has 9 heteroatoms. The third-order valence-corrected chi connectivity index (χ3v) is 5.53. The second kappa shape index (κ2) is 7.81. The van der Waals surface area contributed by atoms with Crippen LogP contribution in [0.3, 0.4) is 0 Å². The van der Waals surface area contributed by atoms with Crippen LogP contribution in [0.1, 0.15) is 16.7 Å². The Labute approximate surface area is 171 Å². The molecule has 6 nitrogen and oxygen atoms in total. The van der Waals surface area contributed by atoms with Crippen molar-refractivity contribution in [3.8, 4) is 5.69 Å². The van der Waals surface area contributed by atoms with E-state index in [1.807, 2.05) is 11.9 Å². The highest BCUT2D eigenvalue weighted by Gasteiger charge is 2.34. The number of benzene rings is 1. The first-order chi connectivity index (χ1) is 14.2. The molecule has 4 rings (SSSR count). The molecule has 1 aliphatic rings. The van der Waals surface area contributed by atoms with Crippen molar-refractivity contribution in [1.29, 1.82) is 0 Å². The highest BCUT2D eigenvalue weighted by Crippen LogP contribution is 2.34. The van der Waals surface area contributed by atoms with E-state index in [0.29, 0.717) is 29.8 Å². The van der Waals surface area contributed by atoms with Crippen LogP contribution in [0.5, 0.6) is 0 Å². The number of nitrogens with zero attached hydrogens (tertiary/aromatic N) is 5. The van der Waals surface area contributed by atoms with Gasteiger partial charge in [-0.1, -0.05) is 0 Å². The van der Waals surface area contributed by atoms with Crippen molar-refractivity contribution in [2.24, 2.45) is 0 Å². The summed E-state index contributed by atoms with van der Waals surface area (Å²) in [6, 6.07) is 5.29. The minimum Gasteiger partial charge on any atom is -0.304 e. The van der Waals surface area contributed by atoms with Crippen LogP contribution in [-0.2, 0) is 12.7 Å². The average Bonchev–Trinajstić information content (AvgIpc) is 2.69. The minimum absolute atomic E-state index is 0.152. The molecule has 1 saturated heterocycles. The van der Waals surface area contributed by atoms with Gasteiger partial charge in [-0.2, -0.15) is 13.2 Å². The summed E-state index contributed by atoms with van der Waals surface area (Å²) in [5.41, 5.74) is 0.588. The first-order valence-electron chi connectivity index (χ1n) is 9.68. The second-order valence-electron chi connectivity index (χ2n) is 7.68. The number of hydrogen-bond donors (Lipinski definition) is 0. The van der Waals surface area contributed by atoms with Crippen LogP contribution < -0.4 is 5.56 Å². The molecule has 0 radical (unpaired) electrons. The van der Waals surface area contributed by atoms with Crippen LogP contribution in [0.4, 0.5) is 13.2 Å². The lowest BCUT2D eigenvalue weighted by Gasteiger charge is -2.33. The number of hydrogen-bond acceptors (Lipinski definition) is 5. The molecule has 0 unspecified atom stereocenters. The summed E-state index contributed by atoms with van der Waals surface area (Å²) in [6.07, 6.45) is -1.54. The molecule has 0 aliphatic carbocycles. The van der Waals surface area contributed by atoms with Gasteiger partial charge in [-0.05, 0) is 43.3 Å². The summed E-state index contributed by atoms with van der Waals surface area (Å²) in [4.78, 5) is 25.1. The first kappa shape index (κ1) is 20.5. The van der Waals surface area contributed by atoms with Gasteiger partial charge < -0.3 is 4.90 Å². The van der Waals surface area contributed by atoms with E-state index < -0.39 is 11.7 Å². The van der Waals surface area contributed by atoms with Gasteiger partial charge in [0.25, 0.3) is 5.56 Å². The maximum atomic E-state index is 13.7. The quantitative estimate of drug-likeness (QED) is 0.656. The van der Waals surface area contributed by atoms with E-state index in [4.69, 9.17) is 0 Å². The molecular weight excluding hydrogens is 395 g/mol. The summed E-state index contributed by atoms with van der Waals surface area (Å²) in [7, 11) is 2.00. The maximum Gasteiger partial charge on any atom is 0.416 e. The number of piperazine rings is 1. The number of rotatable bonds is 3. The minimum atomic E-state index is -4.47. The number of fused-ring (bicyclic) bond motifs is 1. The summed E-state index contributed by atoms with van der Waals surface area (Å²) in [5.74, 6) is 0. The number of likely N-dealkylation sites (N-methyl/N-ethyl adjacent to an activating group) is 1. The standard InChI is InChI=1S/C21H22F3N5O/c1-14-9-19(30)29(20-17(14)11-25-13-26-20)16-3-4-18(21(22,23)24)15(10-16)12-28-7-5-27(2)6-8-28/h3-4,9-11,13H,5-8,12H2,1-2H3. The van der Waals surface area contributed by atoms with Gasteiger partial charge in [0.2, 0.25) is 0 Å². The monoisotopic (exact) mass is 417 g/mol. The van der Waals surface area contributed by atoms with Gasteiger partial charge >= 0.3 is 6.18 Å². The van der Waals surface area contributed by atoms with E-state index in [1.54, 1.807) is 13.1 Å². The lowest BCUT2D eigenvalue weighted by atomic mass is 10.0. The van der Waals surface area contributed by atoms with Gasteiger partial charge in [0, 0.05) is 50.4 Å². The van der Waals surface area contributed by atoms with Crippen molar-refractivity contribution in [3.63, 3.8) is 0 Å². The van der Waals surface area contributed by atoms with E-state index in [9.17, 15) is 18.0 Å². The van der Waals surface area contributed by atoms with E-state index in [-0.39, 0.29) is 17.7 Å². The van der Waals surface area contributed by atoms with Crippen LogP contribution in [0, 0.1) is 6.92 Å². The Morgan fingerprint density at radius 1 is 1.10 bits per heavy atom. The van der Waals surface area contributed by atoms with E-state index >= 15 is 0 Å². The molecule has 0 bridgehead atoms. The van der Waals surface area contributed by atoms with Crippen LogP contribution in [0.2, 0.25) is 0 Å². The van der Waals surface area contributed by atoms with Crippen molar-refractivity contribution in [3.05, 3.63) is 63.8 Å². The molecule has 3 heterocycles. The number of aromatic nitrogens is 3. The van der Waals surface area contributed by atoms with Crippen molar-refractivity contribution in [2.45, 2.75) is 19.6 Å². The largest absolute Gasteiger partial charge is 0.416 e. The topological polar surface area (TPSA) is 54.3 Å². The van der Waals surface area contributed by atoms with E-state index in [1.165, 1.54) is 29.1 Å². The van der Waals surface area contributed by atoms with E-state index in [2.05, 4.69) is 14.9 Å². The fourth-order valence-electron chi connectivity index (χ4n) is 3.83. The van der Waals surface area contributed by atoms with Gasteiger partial charge in [-0.25, -0.2) is 9.97 Å². The predicted molar refractivity (Wildman–Crippen MR) is 108 cm³/mol. The van der Waals surface area contributed by atoms with Gasteiger partial charge in [0.1, 0.15) is 6.33 Å². The van der Waals surface area contributed by atoms with Crippen molar-refractivity contribution >= 4 is 11.0 Å². The molecular formula is C21H22F3N5O. The molecule has 0 saturated carbocycles. The van der Waals surface area contributed by atoms with Crippen LogP contribution in [-0.4, -0.2) is 57.6 Å². The van der Waals surface area contributed by atoms with Gasteiger partial charge in [0.05, 0.1) is 11.3 Å². The highest BCUT2D eigenvalue weighted by molar-refractivity contribution is 5.79. The molecule has 2 aromatic heterocycles. The van der Waals surface area contributed by atoms with Crippen molar-refractivity contribution in [2.75, 3.05) is 33.2 Å². The molecule has 30 heavy (non-hydrogen) atoms. The Balaban J connectivity index is 1.83. The lowest BCUT2D eigenvalue weighted by molar-refractivity contribution is -0.138. The number of halogens is 3. The smallest absolute Gasteiger partial charge is 0.304 e. The molecule has 0 N–H and O–H groups in total. The molecule has 1 fully saturated rings. The van der Waals surface area contributed by atoms with Crippen molar-refractivity contribution < 1.29 is 13.2 Å². The second-order valence-corrected chi connectivity index (χ2v) is 7.68. The van der Waals surface area contributed by atoms with Crippen molar-refractivity contribution in [1.82, 2.24) is 24.3 Å². The first-order valence-corrected chi connectivity index (χ1v) is 9.68. The Hall–Kier alpha value is -2.78. The summed E-state index contributed by atoms with van der Waals surface area (Å²) < 4.78 is 42.3. The summed E-state index contributed by atoms with van der Waals surface area (Å²) >= 11 is 0. The SMILES string of the molecule is Cc1cc(=O)n(-c2ccc(C(F)(F)F)c(CN3CCN(C)CC3)c2)c2ncncc12. The Morgan fingerprint density at radius 2 is 1.83 bits per heavy atom.